The molecule has 2 heterocycles. The van der Waals surface area contributed by atoms with Gasteiger partial charge in [0.15, 0.2) is 0 Å². The van der Waals surface area contributed by atoms with Gasteiger partial charge < -0.3 is 5.32 Å². The van der Waals surface area contributed by atoms with Crippen LogP contribution in [0.2, 0.25) is 0 Å². The molecule has 0 aliphatic carbocycles. The van der Waals surface area contributed by atoms with E-state index in [9.17, 15) is 4.79 Å². The fraction of sp³-hybridized carbons (Fsp3) is 0.833. The van der Waals surface area contributed by atoms with Gasteiger partial charge >= 0.3 is 5.69 Å². The molecule has 1 N–H and O–H groups in total. The second kappa shape index (κ2) is 6.00. The maximum absolute atomic E-state index is 12.0. The topological polar surface area (TPSA) is 51.9 Å². The molecule has 0 radical (unpaired) electrons. The van der Waals surface area contributed by atoms with Gasteiger partial charge in [0.05, 0.1) is 0 Å². The lowest BCUT2D eigenvalue weighted by molar-refractivity contribution is 0.505. The zero-order valence-electron chi connectivity index (χ0n) is 10.6. The summed E-state index contributed by atoms with van der Waals surface area (Å²) in [6, 6.07) is 0. The molecule has 96 valence electrons. The lowest BCUT2D eigenvalue weighted by Crippen LogP contribution is -2.27. The molecule has 1 aliphatic rings. The number of unbranched alkanes of at least 4 members (excludes halogenated alkanes) is 1. The molecule has 17 heavy (non-hydrogen) atoms. The van der Waals surface area contributed by atoms with Gasteiger partial charge in [0, 0.05) is 19.5 Å². The Balaban J connectivity index is 1.88. The van der Waals surface area contributed by atoms with Crippen LogP contribution in [0.15, 0.2) is 4.79 Å². The molecule has 1 aliphatic heterocycles. The molecule has 1 aromatic heterocycles. The van der Waals surface area contributed by atoms with Crippen molar-refractivity contribution < 1.29 is 0 Å². The van der Waals surface area contributed by atoms with Crippen LogP contribution in [0.1, 0.15) is 38.4 Å². The first-order valence-corrected chi connectivity index (χ1v) is 6.70. The number of aromatic nitrogens is 3. The number of nitrogens with one attached hydrogen (secondary N) is 1. The van der Waals surface area contributed by atoms with Crippen molar-refractivity contribution in [2.24, 2.45) is 0 Å². The van der Waals surface area contributed by atoms with E-state index in [4.69, 9.17) is 0 Å². The first kappa shape index (κ1) is 12.4. The average Bonchev–Trinajstić information content (AvgIpc) is 2.67. The number of rotatable bonds is 6. The highest BCUT2D eigenvalue weighted by atomic mass is 16.2. The molecule has 2 rings (SSSR count). The van der Waals surface area contributed by atoms with E-state index in [1.807, 2.05) is 4.57 Å². The standard InChI is InChI=1S/C12H22N4O/c1-2-13-8-4-6-10-16-12(17)15-9-5-3-7-11(15)14-16/h13H,2-10H2,1H3. The second-order valence-electron chi connectivity index (χ2n) is 4.59. The number of hydrogen-bond acceptors (Lipinski definition) is 3. The van der Waals surface area contributed by atoms with Crippen LogP contribution in [0.5, 0.6) is 0 Å². The fourth-order valence-electron chi connectivity index (χ4n) is 2.28. The molecule has 0 spiro atoms. The quantitative estimate of drug-likeness (QED) is 0.745. The van der Waals surface area contributed by atoms with Crippen molar-refractivity contribution in [1.29, 1.82) is 0 Å². The van der Waals surface area contributed by atoms with Crippen LogP contribution in [0.4, 0.5) is 0 Å². The lowest BCUT2D eigenvalue weighted by Gasteiger charge is -2.09. The Bertz CT molecular complexity index is 407. The average molecular weight is 238 g/mol. The minimum Gasteiger partial charge on any atom is -0.317 e. The highest BCUT2D eigenvalue weighted by molar-refractivity contribution is 4.91. The molecule has 0 bridgehead atoms. The summed E-state index contributed by atoms with van der Waals surface area (Å²) < 4.78 is 3.49. The number of hydrogen-bond donors (Lipinski definition) is 1. The van der Waals surface area contributed by atoms with Crippen LogP contribution in [-0.4, -0.2) is 27.4 Å². The van der Waals surface area contributed by atoms with E-state index in [-0.39, 0.29) is 5.69 Å². The lowest BCUT2D eigenvalue weighted by atomic mass is 10.2. The predicted octanol–water partition coefficient (Wildman–Crippen LogP) is 0.771. The van der Waals surface area contributed by atoms with Crippen molar-refractivity contribution >= 4 is 0 Å². The Morgan fingerprint density at radius 3 is 3.00 bits per heavy atom. The molecular weight excluding hydrogens is 216 g/mol. The summed E-state index contributed by atoms with van der Waals surface area (Å²) in [6.07, 6.45) is 5.35. The number of fused-ring (bicyclic) bond motifs is 1. The molecule has 0 amide bonds. The van der Waals surface area contributed by atoms with Gasteiger partial charge in [0.1, 0.15) is 5.82 Å². The van der Waals surface area contributed by atoms with Gasteiger partial charge in [-0.2, -0.15) is 5.10 Å². The molecule has 0 fully saturated rings. The Morgan fingerprint density at radius 2 is 2.24 bits per heavy atom. The molecule has 0 saturated heterocycles. The predicted molar refractivity (Wildman–Crippen MR) is 67.2 cm³/mol. The van der Waals surface area contributed by atoms with E-state index in [2.05, 4.69) is 17.3 Å². The monoisotopic (exact) mass is 238 g/mol. The minimum absolute atomic E-state index is 0.0863. The molecule has 0 unspecified atom stereocenters. The van der Waals surface area contributed by atoms with Crippen LogP contribution >= 0.6 is 0 Å². The SMILES string of the molecule is CCNCCCCn1nc2n(c1=O)CCCC2. The van der Waals surface area contributed by atoms with E-state index < -0.39 is 0 Å². The number of nitrogens with zero attached hydrogens (tertiary/aromatic N) is 3. The van der Waals surface area contributed by atoms with Crippen molar-refractivity contribution in [2.75, 3.05) is 13.1 Å². The van der Waals surface area contributed by atoms with Crippen molar-refractivity contribution in [1.82, 2.24) is 19.7 Å². The van der Waals surface area contributed by atoms with Crippen molar-refractivity contribution in [2.45, 2.75) is 52.1 Å². The minimum atomic E-state index is 0.0863. The summed E-state index contributed by atoms with van der Waals surface area (Å²) in [6.45, 7) is 5.75. The molecular formula is C12H22N4O. The van der Waals surface area contributed by atoms with E-state index in [1.54, 1.807) is 4.68 Å². The summed E-state index contributed by atoms with van der Waals surface area (Å²) in [4.78, 5) is 12.0. The molecule has 5 heteroatoms. The van der Waals surface area contributed by atoms with E-state index in [1.165, 1.54) is 0 Å². The van der Waals surface area contributed by atoms with Crippen LogP contribution in [0.3, 0.4) is 0 Å². The van der Waals surface area contributed by atoms with Gasteiger partial charge in [-0.1, -0.05) is 6.92 Å². The third-order valence-electron chi connectivity index (χ3n) is 3.25. The summed E-state index contributed by atoms with van der Waals surface area (Å²) >= 11 is 0. The maximum atomic E-state index is 12.0. The Kier molecular flexibility index (Phi) is 4.36. The zero-order chi connectivity index (χ0) is 12.1. The smallest absolute Gasteiger partial charge is 0.317 e. The molecule has 0 saturated carbocycles. The van der Waals surface area contributed by atoms with Crippen molar-refractivity contribution in [3.05, 3.63) is 16.3 Å². The summed E-state index contributed by atoms with van der Waals surface area (Å²) in [5.41, 5.74) is 0.0863. The number of aryl methyl sites for hydroxylation is 2. The highest BCUT2D eigenvalue weighted by Gasteiger charge is 2.15. The first-order chi connectivity index (χ1) is 8.33. The van der Waals surface area contributed by atoms with Gasteiger partial charge in [-0.05, 0) is 38.8 Å². The van der Waals surface area contributed by atoms with E-state index >= 15 is 0 Å². The van der Waals surface area contributed by atoms with E-state index in [0.29, 0.717) is 0 Å². The fourth-order valence-corrected chi connectivity index (χ4v) is 2.28. The Labute approximate surface area is 102 Å². The third kappa shape index (κ3) is 2.97. The van der Waals surface area contributed by atoms with Crippen LogP contribution in [-0.2, 0) is 19.5 Å². The van der Waals surface area contributed by atoms with E-state index in [0.717, 1.165) is 64.1 Å². The van der Waals surface area contributed by atoms with Gasteiger partial charge in [0.25, 0.3) is 0 Å². The van der Waals surface area contributed by atoms with Crippen molar-refractivity contribution in [3.63, 3.8) is 0 Å². The zero-order valence-corrected chi connectivity index (χ0v) is 10.6. The third-order valence-corrected chi connectivity index (χ3v) is 3.25. The van der Waals surface area contributed by atoms with Gasteiger partial charge in [-0.25, -0.2) is 9.48 Å². The molecule has 0 aromatic carbocycles. The van der Waals surface area contributed by atoms with Gasteiger partial charge in [-0.15, -0.1) is 0 Å². The second-order valence-corrected chi connectivity index (χ2v) is 4.59. The largest absolute Gasteiger partial charge is 0.345 e. The van der Waals surface area contributed by atoms with Crippen LogP contribution in [0.25, 0.3) is 0 Å². The Hall–Kier alpha value is -1.10. The summed E-state index contributed by atoms with van der Waals surface area (Å²) in [5, 5.41) is 7.70. The van der Waals surface area contributed by atoms with Crippen LogP contribution in [0, 0.1) is 0 Å². The molecule has 1 aromatic rings. The molecule has 5 nitrogen and oxygen atoms in total. The maximum Gasteiger partial charge on any atom is 0.345 e. The molecule has 0 atom stereocenters. The summed E-state index contributed by atoms with van der Waals surface area (Å²) in [5.74, 6) is 0.980. The summed E-state index contributed by atoms with van der Waals surface area (Å²) in [7, 11) is 0. The first-order valence-electron chi connectivity index (χ1n) is 6.70. The highest BCUT2D eigenvalue weighted by Crippen LogP contribution is 2.09. The normalized spacial score (nSPS) is 14.9. The van der Waals surface area contributed by atoms with Gasteiger partial charge in [-0.3, -0.25) is 4.57 Å². The Morgan fingerprint density at radius 1 is 1.35 bits per heavy atom. The van der Waals surface area contributed by atoms with Gasteiger partial charge in [0.2, 0.25) is 0 Å². The van der Waals surface area contributed by atoms with Crippen LogP contribution < -0.4 is 11.0 Å². The van der Waals surface area contributed by atoms with Crippen molar-refractivity contribution in [3.8, 4) is 0 Å².